The van der Waals surface area contributed by atoms with Gasteiger partial charge in [0.05, 0.1) is 11.6 Å². The molecule has 0 radical (unpaired) electrons. The molecule has 1 aliphatic rings. The summed E-state index contributed by atoms with van der Waals surface area (Å²) in [7, 11) is 0. The number of aryl methyl sites for hydroxylation is 1. The van der Waals surface area contributed by atoms with Crippen LogP contribution in [0, 0.1) is 0 Å². The van der Waals surface area contributed by atoms with Gasteiger partial charge in [0.25, 0.3) is 0 Å². The van der Waals surface area contributed by atoms with Crippen molar-refractivity contribution in [3.05, 3.63) is 87.9 Å². The van der Waals surface area contributed by atoms with Crippen molar-refractivity contribution in [3.8, 4) is 11.5 Å². The van der Waals surface area contributed by atoms with Gasteiger partial charge in [0.15, 0.2) is 5.79 Å². The maximum atomic E-state index is 12.0. The summed E-state index contributed by atoms with van der Waals surface area (Å²) in [4.78, 5) is 12.0. The van der Waals surface area contributed by atoms with Crippen LogP contribution < -0.4 is 15.4 Å². The fourth-order valence-electron chi connectivity index (χ4n) is 4.04. The maximum absolute atomic E-state index is 12.0. The molecule has 3 aromatic rings. The van der Waals surface area contributed by atoms with E-state index in [1.165, 1.54) is 0 Å². The van der Waals surface area contributed by atoms with Crippen molar-refractivity contribution in [2.45, 2.75) is 31.7 Å². The zero-order valence-corrected chi connectivity index (χ0v) is 22.0. The lowest BCUT2D eigenvalue weighted by Crippen LogP contribution is -2.28. The van der Waals surface area contributed by atoms with Crippen LogP contribution in [0.15, 0.2) is 66.7 Å². The first kappa shape index (κ1) is 27.1. The monoisotopic (exact) mass is 544 g/mol. The highest BCUT2D eigenvalue weighted by atomic mass is 35.5. The van der Waals surface area contributed by atoms with Crippen LogP contribution in [0.4, 0.5) is 5.69 Å². The molecule has 9 heteroatoms. The molecule has 37 heavy (non-hydrogen) atoms. The van der Waals surface area contributed by atoms with E-state index in [1.54, 1.807) is 30.3 Å². The fraction of sp³-hybridized carbons (Fsp3) is 0.321. The molecule has 1 aliphatic heterocycles. The van der Waals surface area contributed by atoms with E-state index in [2.05, 4.69) is 10.6 Å². The summed E-state index contributed by atoms with van der Waals surface area (Å²) < 4.78 is 17.9. The smallest absolute Gasteiger partial charge is 0.220 e. The van der Waals surface area contributed by atoms with Crippen LogP contribution >= 0.6 is 23.2 Å². The lowest BCUT2D eigenvalue weighted by Gasteiger charge is -2.25. The molecule has 0 aromatic heterocycles. The van der Waals surface area contributed by atoms with Crippen LogP contribution in [0.5, 0.6) is 11.5 Å². The Hall–Kier alpha value is -2.97. The molecule has 196 valence electrons. The fourth-order valence-corrected chi connectivity index (χ4v) is 4.62. The van der Waals surface area contributed by atoms with Crippen molar-refractivity contribution in [1.29, 1.82) is 0 Å². The molecule has 0 saturated carbocycles. The average Bonchev–Trinajstić information content (AvgIpc) is 3.26. The first-order chi connectivity index (χ1) is 17.8. The van der Waals surface area contributed by atoms with Crippen molar-refractivity contribution in [1.82, 2.24) is 5.32 Å². The van der Waals surface area contributed by atoms with Crippen LogP contribution in [0.2, 0.25) is 10.0 Å². The Kier molecular flexibility index (Phi) is 9.16. The van der Waals surface area contributed by atoms with Crippen LogP contribution in [0.1, 0.15) is 24.5 Å². The second-order valence-electron chi connectivity index (χ2n) is 8.90. The number of carbonyl (C=O) groups is 1. The zero-order chi connectivity index (χ0) is 26.3. The van der Waals surface area contributed by atoms with Gasteiger partial charge in [0, 0.05) is 35.8 Å². The van der Waals surface area contributed by atoms with Crippen molar-refractivity contribution >= 4 is 34.8 Å². The van der Waals surface area contributed by atoms with E-state index in [1.807, 2.05) is 43.3 Å². The third-order valence-corrected chi connectivity index (χ3v) is 6.52. The van der Waals surface area contributed by atoms with Crippen molar-refractivity contribution in [2.24, 2.45) is 0 Å². The number of hydrogen-bond donors (Lipinski definition) is 3. The van der Waals surface area contributed by atoms with Gasteiger partial charge in [-0.15, -0.1) is 0 Å². The number of hydrogen-bond acceptors (Lipinski definition) is 6. The van der Waals surface area contributed by atoms with Crippen molar-refractivity contribution in [2.75, 3.05) is 31.6 Å². The van der Waals surface area contributed by atoms with Gasteiger partial charge in [-0.05, 0) is 67.4 Å². The zero-order valence-electron chi connectivity index (χ0n) is 20.5. The highest BCUT2D eigenvalue weighted by Gasteiger charge is 2.40. The first-order valence-electron chi connectivity index (χ1n) is 12.1. The Bertz CT molecular complexity index is 1210. The van der Waals surface area contributed by atoms with Gasteiger partial charge in [-0.25, -0.2) is 0 Å². The van der Waals surface area contributed by atoms with Gasteiger partial charge >= 0.3 is 0 Å². The second-order valence-corrected chi connectivity index (χ2v) is 9.75. The molecular formula is C28H30Cl2N2O5. The van der Waals surface area contributed by atoms with E-state index < -0.39 is 5.79 Å². The number of amides is 1. The molecule has 0 spiro atoms. The van der Waals surface area contributed by atoms with E-state index in [9.17, 15) is 9.90 Å². The third-order valence-electron chi connectivity index (χ3n) is 5.97. The Morgan fingerprint density at radius 3 is 2.68 bits per heavy atom. The van der Waals surface area contributed by atoms with Gasteiger partial charge < -0.3 is 30.0 Å². The van der Waals surface area contributed by atoms with Crippen molar-refractivity contribution < 1.29 is 24.1 Å². The molecule has 3 N–H and O–H groups in total. The number of anilines is 1. The van der Waals surface area contributed by atoms with Gasteiger partial charge in [-0.1, -0.05) is 41.4 Å². The molecule has 1 fully saturated rings. The van der Waals surface area contributed by atoms with E-state index in [0.29, 0.717) is 54.9 Å². The van der Waals surface area contributed by atoms with Gasteiger partial charge in [-0.3, -0.25) is 4.79 Å². The number of aromatic hydroxyl groups is 1. The predicted octanol–water partition coefficient (Wildman–Crippen LogP) is 5.53. The number of ether oxygens (including phenoxy) is 3. The molecule has 0 unspecified atom stereocenters. The lowest BCUT2D eigenvalue weighted by molar-refractivity contribution is -0.164. The number of phenolic OH excluding ortho intramolecular Hbond substituents is 1. The van der Waals surface area contributed by atoms with E-state index in [-0.39, 0.29) is 17.8 Å². The number of benzene rings is 3. The Labute approximate surface area is 226 Å². The molecule has 1 amide bonds. The normalized spacial score (nSPS) is 18.9. The standard InChI is InChI=1S/C28H30Cl2N2O5/c1-28(25-11-6-20(29)16-26(25)30)36-18-24(37-28)17-35-23-9-7-21(8-10-23)31-13-14-32-27(34)12-5-19-3-2-4-22(33)15-19/h2-4,6-11,15-16,24,31,33H,5,12-14,17-18H2,1H3,(H,32,34)/t24-,28+/m1/s1. The van der Waals surface area contributed by atoms with E-state index in [4.69, 9.17) is 37.4 Å². The number of phenols is 1. The number of carbonyl (C=O) groups excluding carboxylic acids is 1. The quantitative estimate of drug-likeness (QED) is 0.275. The Morgan fingerprint density at radius 2 is 1.92 bits per heavy atom. The summed E-state index contributed by atoms with van der Waals surface area (Å²) in [6, 6.07) is 19.8. The predicted molar refractivity (Wildman–Crippen MR) is 145 cm³/mol. The molecule has 4 rings (SSSR count). The summed E-state index contributed by atoms with van der Waals surface area (Å²) in [5, 5.41) is 16.7. The molecule has 2 atom stereocenters. The number of halogens is 2. The lowest BCUT2D eigenvalue weighted by atomic mass is 10.1. The van der Waals surface area contributed by atoms with Gasteiger partial charge in [0.2, 0.25) is 5.91 Å². The largest absolute Gasteiger partial charge is 0.508 e. The molecule has 3 aromatic carbocycles. The number of rotatable bonds is 11. The van der Waals surface area contributed by atoms with Crippen LogP contribution in [-0.4, -0.2) is 43.4 Å². The highest BCUT2D eigenvalue weighted by molar-refractivity contribution is 6.35. The minimum atomic E-state index is -0.955. The van der Waals surface area contributed by atoms with Gasteiger partial charge in [-0.2, -0.15) is 0 Å². The van der Waals surface area contributed by atoms with Crippen LogP contribution in [0.3, 0.4) is 0 Å². The van der Waals surface area contributed by atoms with Crippen LogP contribution in [0.25, 0.3) is 0 Å². The third kappa shape index (κ3) is 7.76. The highest BCUT2D eigenvalue weighted by Crippen LogP contribution is 2.38. The van der Waals surface area contributed by atoms with E-state index >= 15 is 0 Å². The minimum absolute atomic E-state index is 0.0264. The summed E-state index contributed by atoms with van der Waals surface area (Å²) >= 11 is 12.3. The molecule has 0 bridgehead atoms. The molecular weight excluding hydrogens is 515 g/mol. The summed E-state index contributed by atoms with van der Waals surface area (Å²) in [6.45, 7) is 3.65. The Balaban J connectivity index is 1.14. The van der Waals surface area contributed by atoms with E-state index in [0.717, 1.165) is 16.8 Å². The number of nitrogens with one attached hydrogen (secondary N) is 2. The molecule has 1 saturated heterocycles. The average molecular weight is 545 g/mol. The summed E-state index contributed by atoms with van der Waals surface area (Å²) in [5.41, 5.74) is 2.58. The summed E-state index contributed by atoms with van der Waals surface area (Å²) in [6.07, 6.45) is 0.712. The van der Waals surface area contributed by atoms with Gasteiger partial charge in [0.1, 0.15) is 24.2 Å². The topological polar surface area (TPSA) is 89.1 Å². The second kappa shape index (κ2) is 12.5. The minimum Gasteiger partial charge on any atom is -0.508 e. The van der Waals surface area contributed by atoms with Crippen molar-refractivity contribution in [3.63, 3.8) is 0 Å². The van der Waals surface area contributed by atoms with Crippen LogP contribution in [-0.2, 0) is 26.5 Å². The molecule has 7 nitrogen and oxygen atoms in total. The molecule has 0 aliphatic carbocycles. The molecule has 1 heterocycles. The SMILES string of the molecule is C[C@]1(c2ccc(Cl)cc2Cl)OC[C@@H](COc2ccc(NCCNC(=O)CCc3cccc(O)c3)cc2)O1. The first-order valence-corrected chi connectivity index (χ1v) is 12.8. The summed E-state index contributed by atoms with van der Waals surface area (Å²) in [5.74, 6) is -0.0560. The Morgan fingerprint density at radius 1 is 1.11 bits per heavy atom. The maximum Gasteiger partial charge on any atom is 0.220 e.